The van der Waals surface area contributed by atoms with Gasteiger partial charge in [-0.25, -0.2) is 0 Å². The Balaban J connectivity index is 2.83. The van der Waals surface area contributed by atoms with E-state index in [2.05, 4.69) is 6.92 Å². The van der Waals surface area contributed by atoms with E-state index in [-0.39, 0.29) is 6.10 Å². The van der Waals surface area contributed by atoms with E-state index >= 15 is 0 Å². The van der Waals surface area contributed by atoms with Gasteiger partial charge in [0.15, 0.2) is 0 Å². The molecule has 0 fully saturated rings. The number of ether oxygens (including phenoxy) is 1. The van der Waals surface area contributed by atoms with E-state index in [1.165, 1.54) is 0 Å². The maximum Gasteiger partial charge on any atom is 0.139 e. The molecule has 1 nitrogen and oxygen atoms in total. The molecular formula is C10H12Cl2O. The van der Waals surface area contributed by atoms with Crippen LogP contribution in [0.1, 0.15) is 20.3 Å². The van der Waals surface area contributed by atoms with Gasteiger partial charge in [-0.1, -0.05) is 36.2 Å². The quantitative estimate of drug-likeness (QED) is 0.741. The largest absolute Gasteiger partial charge is 0.489 e. The molecule has 0 aliphatic carbocycles. The fourth-order valence-corrected chi connectivity index (χ4v) is 1.21. The number of benzene rings is 1. The molecule has 0 saturated carbocycles. The van der Waals surface area contributed by atoms with Crippen molar-refractivity contribution in [1.82, 2.24) is 0 Å². The molecule has 0 radical (unpaired) electrons. The molecule has 0 amide bonds. The lowest BCUT2D eigenvalue weighted by atomic mass is 10.3. The number of hydrogen-bond donors (Lipinski definition) is 0. The van der Waals surface area contributed by atoms with Crippen LogP contribution in [0.3, 0.4) is 0 Å². The van der Waals surface area contributed by atoms with Gasteiger partial charge in [0.05, 0.1) is 11.1 Å². The Labute approximate surface area is 88.6 Å². The zero-order valence-corrected chi connectivity index (χ0v) is 9.19. The zero-order valence-electron chi connectivity index (χ0n) is 7.68. The maximum absolute atomic E-state index is 5.94. The predicted molar refractivity (Wildman–Crippen MR) is 56.8 cm³/mol. The minimum absolute atomic E-state index is 0.163. The van der Waals surface area contributed by atoms with Crippen LogP contribution >= 0.6 is 23.2 Å². The number of hydrogen-bond acceptors (Lipinski definition) is 1. The fourth-order valence-electron chi connectivity index (χ4n) is 0.875. The predicted octanol–water partition coefficient (Wildman–Crippen LogP) is 4.17. The van der Waals surface area contributed by atoms with Crippen molar-refractivity contribution in [1.29, 1.82) is 0 Å². The van der Waals surface area contributed by atoms with Gasteiger partial charge in [-0.05, 0) is 25.5 Å². The van der Waals surface area contributed by atoms with E-state index < -0.39 is 0 Å². The van der Waals surface area contributed by atoms with Crippen LogP contribution in [0.15, 0.2) is 18.2 Å². The van der Waals surface area contributed by atoms with Crippen molar-refractivity contribution in [2.45, 2.75) is 26.4 Å². The third-order valence-electron chi connectivity index (χ3n) is 1.82. The smallest absolute Gasteiger partial charge is 0.139 e. The van der Waals surface area contributed by atoms with Crippen molar-refractivity contribution >= 4 is 23.2 Å². The second-order valence-corrected chi connectivity index (χ2v) is 3.67. The first-order valence-corrected chi connectivity index (χ1v) is 5.01. The molecule has 72 valence electrons. The first-order chi connectivity index (χ1) is 6.15. The van der Waals surface area contributed by atoms with Crippen LogP contribution in [0, 0.1) is 0 Å². The summed E-state index contributed by atoms with van der Waals surface area (Å²) in [4.78, 5) is 0. The third-order valence-corrected chi connectivity index (χ3v) is 2.62. The van der Waals surface area contributed by atoms with Gasteiger partial charge in [-0.15, -0.1) is 0 Å². The van der Waals surface area contributed by atoms with Crippen LogP contribution in [-0.2, 0) is 0 Å². The molecule has 0 aliphatic rings. The van der Waals surface area contributed by atoms with Crippen LogP contribution in [-0.4, -0.2) is 6.10 Å². The minimum atomic E-state index is 0.163. The molecule has 0 aliphatic heterocycles. The van der Waals surface area contributed by atoms with Gasteiger partial charge >= 0.3 is 0 Å². The highest BCUT2D eigenvalue weighted by Gasteiger charge is 2.07. The molecule has 1 unspecified atom stereocenters. The Hall–Kier alpha value is -0.400. The van der Waals surface area contributed by atoms with Crippen molar-refractivity contribution in [3.63, 3.8) is 0 Å². The summed E-state index contributed by atoms with van der Waals surface area (Å²) in [6.45, 7) is 4.06. The highest BCUT2D eigenvalue weighted by Crippen LogP contribution is 2.32. The van der Waals surface area contributed by atoms with Crippen molar-refractivity contribution in [3.8, 4) is 5.75 Å². The van der Waals surface area contributed by atoms with Gasteiger partial charge in [-0.3, -0.25) is 0 Å². The summed E-state index contributed by atoms with van der Waals surface area (Å²) in [5.74, 6) is 0.656. The average Bonchev–Trinajstić information content (AvgIpc) is 2.13. The molecule has 0 bridgehead atoms. The van der Waals surface area contributed by atoms with Gasteiger partial charge in [0.25, 0.3) is 0 Å². The van der Waals surface area contributed by atoms with Gasteiger partial charge in [0.2, 0.25) is 0 Å². The Morgan fingerprint density at radius 2 is 2.08 bits per heavy atom. The SMILES string of the molecule is CCC(C)Oc1cccc(Cl)c1Cl. The van der Waals surface area contributed by atoms with Crippen LogP contribution in [0.2, 0.25) is 10.0 Å². The average molecular weight is 219 g/mol. The van der Waals surface area contributed by atoms with Gasteiger partial charge < -0.3 is 4.74 Å². The monoisotopic (exact) mass is 218 g/mol. The standard InChI is InChI=1S/C10H12Cl2O/c1-3-7(2)13-9-6-4-5-8(11)10(9)12/h4-7H,3H2,1-2H3. The Bertz CT molecular complexity index is 286. The minimum Gasteiger partial charge on any atom is -0.489 e. The first-order valence-electron chi connectivity index (χ1n) is 4.25. The van der Waals surface area contributed by atoms with E-state index in [4.69, 9.17) is 27.9 Å². The summed E-state index contributed by atoms with van der Waals surface area (Å²) in [6.07, 6.45) is 1.11. The first kappa shape index (κ1) is 10.7. The lowest BCUT2D eigenvalue weighted by Crippen LogP contribution is -2.09. The molecule has 3 heteroatoms. The Kier molecular flexibility index (Phi) is 3.89. The summed E-state index contributed by atoms with van der Waals surface area (Å²) in [7, 11) is 0. The van der Waals surface area contributed by atoms with Crippen molar-refractivity contribution < 1.29 is 4.74 Å². The normalized spacial score (nSPS) is 12.6. The number of rotatable bonds is 3. The Morgan fingerprint density at radius 3 is 2.69 bits per heavy atom. The van der Waals surface area contributed by atoms with Gasteiger partial charge in [0.1, 0.15) is 10.8 Å². The van der Waals surface area contributed by atoms with Crippen molar-refractivity contribution in [2.75, 3.05) is 0 Å². The Morgan fingerprint density at radius 1 is 1.38 bits per heavy atom. The highest BCUT2D eigenvalue weighted by molar-refractivity contribution is 6.42. The molecule has 1 rings (SSSR count). The van der Waals surface area contributed by atoms with Gasteiger partial charge in [0, 0.05) is 0 Å². The second kappa shape index (κ2) is 4.73. The molecule has 0 N–H and O–H groups in total. The molecule has 1 aromatic carbocycles. The van der Waals surface area contributed by atoms with E-state index in [0.717, 1.165) is 6.42 Å². The molecule has 0 saturated heterocycles. The van der Waals surface area contributed by atoms with Crippen molar-refractivity contribution in [2.24, 2.45) is 0 Å². The molecule has 1 atom stereocenters. The van der Waals surface area contributed by atoms with Crippen molar-refractivity contribution in [3.05, 3.63) is 28.2 Å². The molecule has 13 heavy (non-hydrogen) atoms. The lowest BCUT2D eigenvalue weighted by Gasteiger charge is -2.13. The topological polar surface area (TPSA) is 9.23 Å². The molecule has 1 aromatic rings. The van der Waals surface area contributed by atoms with E-state index in [0.29, 0.717) is 15.8 Å². The van der Waals surface area contributed by atoms with Crippen LogP contribution in [0.25, 0.3) is 0 Å². The van der Waals surface area contributed by atoms with Crippen LogP contribution in [0.5, 0.6) is 5.75 Å². The third kappa shape index (κ3) is 2.78. The zero-order chi connectivity index (χ0) is 9.84. The molecule has 0 heterocycles. The molecule has 0 aromatic heterocycles. The van der Waals surface area contributed by atoms with Gasteiger partial charge in [-0.2, -0.15) is 0 Å². The lowest BCUT2D eigenvalue weighted by molar-refractivity contribution is 0.217. The van der Waals surface area contributed by atoms with E-state index in [1.807, 2.05) is 19.1 Å². The van der Waals surface area contributed by atoms with E-state index in [9.17, 15) is 0 Å². The summed E-state index contributed by atoms with van der Waals surface area (Å²) < 4.78 is 5.56. The summed E-state index contributed by atoms with van der Waals surface area (Å²) >= 11 is 11.8. The highest BCUT2D eigenvalue weighted by atomic mass is 35.5. The van der Waals surface area contributed by atoms with E-state index in [1.54, 1.807) is 6.07 Å². The molecule has 0 spiro atoms. The fraction of sp³-hybridized carbons (Fsp3) is 0.400. The number of halogens is 2. The van der Waals surface area contributed by atoms with Crippen LogP contribution in [0.4, 0.5) is 0 Å². The maximum atomic E-state index is 5.94. The summed E-state index contributed by atoms with van der Waals surface area (Å²) in [5.41, 5.74) is 0. The summed E-state index contributed by atoms with van der Waals surface area (Å²) in [6, 6.07) is 5.39. The molecular weight excluding hydrogens is 207 g/mol. The second-order valence-electron chi connectivity index (χ2n) is 2.89. The summed E-state index contributed by atoms with van der Waals surface area (Å²) in [5, 5.41) is 1.02. The van der Waals surface area contributed by atoms with Crippen LogP contribution < -0.4 is 4.74 Å².